The first kappa shape index (κ1) is 16.0. The van der Waals surface area contributed by atoms with E-state index in [1.807, 2.05) is 6.92 Å². The molecule has 2 rings (SSSR count). The highest BCUT2D eigenvalue weighted by Gasteiger charge is 2.20. The molecule has 0 aliphatic heterocycles. The molecule has 0 radical (unpaired) electrons. The zero-order chi connectivity index (χ0) is 16.2. The fraction of sp³-hybridized carbons (Fsp3) is 0.286. The summed E-state index contributed by atoms with van der Waals surface area (Å²) in [5.74, 6) is 0.117. The number of rotatable bonds is 6. The summed E-state index contributed by atoms with van der Waals surface area (Å²) in [5.41, 5.74) is -0.760. The second-order valence-corrected chi connectivity index (χ2v) is 6.78. The van der Waals surface area contributed by atoms with Crippen LogP contribution in [0.3, 0.4) is 0 Å². The van der Waals surface area contributed by atoms with Crippen molar-refractivity contribution < 1.29 is 8.42 Å². The van der Waals surface area contributed by atoms with Gasteiger partial charge in [-0.2, -0.15) is 0 Å². The number of nitroso groups, excluding NO2 is 1. The van der Waals surface area contributed by atoms with Gasteiger partial charge in [0.15, 0.2) is 15.5 Å². The number of nitrogens with one attached hydrogen (secondary N) is 1. The van der Waals surface area contributed by atoms with Crippen molar-refractivity contribution in [1.29, 1.82) is 0 Å². The Kier molecular flexibility index (Phi) is 4.81. The molecule has 7 nitrogen and oxygen atoms in total. The Morgan fingerprint density at radius 3 is 2.64 bits per heavy atom. The number of nitrogens with zero attached hydrogens (tertiary/aromatic N) is 2. The molecular formula is C14H15N3O4S. The van der Waals surface area contributed by atoms with Crippen molar-refractivity contribution in [2.24, 2.45) is 5.18 Å². The maximum Gasteiger partial charge on any atom is 0.280 e. The van der Waals surface area contributed by atoms with Crippen LogP contribution < -0.4 is 5.56 Å². The molecule has 1 heterocycles. The van der Waals surface area contributed by atoms with Gasteiger partial charge in [-0.1, -0.05) is 25.5 Å². The number of benzene rings is 1. The van der Waals surface area contributed by atoms with Gasteiger partial charge in [0.05, 0.1) is 16.8 Å². The van der Waals surface area contributed by atoms with E-state index in [4.69, 9.17) is 0 Å². The Morgan fingerprint density at radius 2 is 2.00 bits per heavy atom. The van der Waals surface area contributed by atoms with E-state index in [1.54, 1.807) is 18.2 Å². The lowest BCUT2D eigenvalue weighted by Gasteiger charge is -2.09. The maximum atomic E-state index is 12.4. The molecule has 1 aromatic carbocycles. The van der Waals surface area contributed by atoms with Crippen LogP contribution in [0.2, 0.25) is 0 Å². The number of aromatic amines is 1. The van der Waals surface area contributed by atoms with Gasteiger partial charge >= 0.3 is 0 Å². The average Bonchev–Trinajstić information content (AvgIpc) is 2.53. The molecule has 0 bridgehead atoms. The predicted molar refractivity (Wildman–Crippen MR) is 82.7 cm³/mol. The lowest BCUT2D eigenvalue weighted by molar-refractivity contribution is 0.593. The van der Waals surface area contributed by atoms with Gasteiger partial charge in [-0.15, -0.1) is 4.91 Å². The third-order valence-electron chi connectivity index (χ3n) is 3.12. The van der Waals surface area contributed by atoms with Crippen LogP contribution in [0.15, 0.2) is 45.3 Å². The number of hydrogen-bond acceptors (Lipinski definition) is 6. The first-order valence-corrected chi connectivity index (χ1v) is 8.39. The van der Waals surface area contributed by atoms with Crippen molar-refractivity contribution in [2.45, 2.75) is 24.7 Å². The Labute approximate surface area is 127 Å². The minimum Gasteiger partial charge on any atom is -0.305 e. The molecule has 0 saturated carbocycles. The Hall–Kier alpha value is -2.35. The van der Waals surface area contributed by atoms with Crippen molar-refractivity contribution in [3.8, 4) is 11.4 Å². The van der Waals surface area contributed by atoms with Crippen LogP contribution in [-0.4, -0.2) is 24.1 Å². The largest absolute Gasteiger partial charge is 0.305 e. The summed E-state index contributed by atoms with van der Waals surface area (Å²) in [6.45, 7) is 1.91. The van der Waals surface area contributed by atoms with Crippen molar-refractivity contribution >= 4 is 15.5 Å². The van der Waals surface area contributed by atoms with Crippen molar-refractivity contribution in [3.05, 3.63) is 45.7 Å². The topological polar surface area (TPSA) is 109 Å². The molecule has 0 aliphatic carbocycles. The fourth-order valence-electron chi connectivity index (χ4n) is 1.97. The van der Waals surface area contributed by atoms with Gasteiger partial charge in [0.25, 0.3) is 5.56 Å². The highest BCUT2D eigenvalue weighted by Crippen LogP contribution is 2.25. The SMILES string of the molecule is CCCCS(=O)(=O)c1ccccc1-c1ncc(N=O)c(=O)[nH]1. The molecule has 8 heteroatoms. The maximum absolute atomic E-state index is 12.4. The van der Waals surface area contributed by atoms with Crippen LogP contribution >= 0.6 is 0 Å². The molecule has 0 saturated heterocycles. The van der Waals surface area contributed by atoms with Crippen LogP contribution in [0, 0.1) is 4.91 Å². The summed E-state index contributed by atoms with van der Waals surface area (Å²) in [7, 11) is -3.48. The summed E-state index contributed by atoms with van der Waals surface area (Å²) in [6, 6.07) is 6.30. The van der Waals surface area contributed by atoms with E-state index in [2.05, 4.69) is 15.1 Å². The van der Waals surface area contributed by atoms with E-state index in [0.717, 1.165) is 12.6 Å². The number of hydrogen-bond donors (Lipinski definition) is 1. The van der Waals surface area contributed by atoms with Gasteiger partial charge in [-0.25, -0.2) is 13.4 Å². The zero-order valence-corrected chi connectivity index (χ0v) is 12.8. The van der Waals surface area contributed by atoms with Gasteiger partial charge < -0.3 is 4.98 Å². The molecule has 0 fully saturated rings. The highest BCUT2D eigenvalue weighted by atomic mass is 32.2. The normalized spacial score (nSPS) is 11.3. The van der Waals surface area contributed by atoms with E-state index < -0.39 is 15.4 Å². The molecule has 2 aromatic rings. The Balaban J connectivity index is 2.56. The molecule has 0 unspecified atom stereocenters. The van der Waals surface area contributed by atoms with Crippen LogP contribution in [0.1, 0.15) is 19.8 Å². The molecule has 22 heavy (non-hydrogen) atoms. The van der Waals surface area contributed by atoms with Crippen molar-refractivity contribution in [2.75, 3.05) is 5.75 Å². The van der Waals surface area contributed by atoms with Crippen LogP contribution in [0.5, 0.6) is 0 Å². The van der Waals surface area contributed by atoms with Crippen LogP contribution in [0.4, 0.5) is 5.69 Å². The molecule has 1 aromatic heterocycles. The minimum atomic E-state index is -3.48. The molecule has 1 N–H and O–H groups in total. The van der Waals surface area contributed by atoms with Crippen molar-refractivity contribution in [1.82, 2.24) is 9.97 Å². The summed E-state index contributed by atoms with van der Waals surface area (Å²) in [5, 5.41) is 2.54. The zero-order valence-electron chi connectivity index (χ0n) is 11.9. The van der Waals surface area contributed by atoms with E-state index >= 15 is 0 Å². The molecule has 116 valence electrons. The second-order valence-electron chi connectivity index (χ2n) is 4.71. The smallest absolute Gasteiger partial charge is 0.280 e. The lowest BCUT2D eigenvalue weighted by Crippen LogP contribution is -2.12. The summed E-state index contributed by atoms with van der Waals surface area (Å²) < 4.78 is 24.8. The number of aromatic nitrogens is 2. The summed E-state index contributed by atoms with van der Waals surface area (Å²) >= 11 is 0. The molecule has 0 atom stereocenters. The van der Waals surface area contributed by atoms with E-state index in [9.17, 15) is 18.1 Å². The molecule has 0 amide bonds. The van der Waals surface area contributed by atoms with Gasteiger partial charge in [0, 0.05) is 5.56 Å². The fourth-order valence-corrected chi connectivity index (χ4v) is 3.64. The average molecular weight is 321 g/mol. The molecular weight excluding hydrogens is 306 g/mol. The summed E-state index contributed by atoms with van der Waals surface area (Å²) in [4.78, 5) is 28.5. The van der Waals surface area contributed by atoms with Gasteiger partial charge in [0.1, 0.15) is 5.82 Å². The number of unbranched alkanes of at least 4 members (excludes halogenated alkanes) is 1. The standard InChI is InChI=1S/C14H15N3O4S/c1-2-3-8-22(20,21)12-7-5-4-6-10(12)13-15-9-11(17-19)14(18)16-13/h4-7,9H,2-3,8H2,1H3,(H,15,16,18). The Morgan fingerprint density at radius 1 is 1.27 bits per heavy atom. The Bertz CT molecular complexity index is 843. The van der Waals surface area contributed by atoms with Gasteiger partial charge in [-0.3, -0.25) is 4.79 Å². The van der Waals surface area contributed by atoms with E-state index in [1.165, 1.54) is 6.07 Å². The number of sulfone groups is 1. The van der Waals surface area contributed by atoms with Crippen molar-refractivity contribution in [3.63, 3.8) is 0 Å². The number of H-pyrrole nitrogens is 1. The van der Waals surface area contributed by atoms with E-state index in [0.29, 0.717) is 12.0 Å². The second kappa shape index (κ2) is 6.61. The van der Waals surface area contributed by atoms with Crippen LogP contribution in [-0.2, 0) is 9.84 Å². The molecule has 0 spiro atoms. The lowest BCUT2D eigenvalue weighted by atomic mass is 10.2. The summed E-state index contributed by atoms with van der Waals surface area (Å²) in [6.07, 6.45) is 2.33. The van der Waals surface area contributed by atoms with E-state index in [-0.39, 0.29) is 22.2 Å². The van der Waals surface area contributed by atoms with Gasteiger partial charge in [-0.05, 0) is 23.7 Å². The predicted octanol–water partition coefficient (Wildman–Crippen LogP) is 2.41. The van der Waals surface area contributed by atoms with Gasteiger partial charge in [0.2, 0.25) is 0 Å². The molecule has 0 aliphatic rings. The monoisotopic (exact) mass is 321 g/mol. The quantitative estimate of drug-likeness (QED) is 0.822. The first-order chi connectivity index (χ1) is 10.5. The minimum absolute atomic E-state index is 0.0265. The third kappa shape index (κ3) is 3.28. The van der Waals surface area contributed by atoms with Crippen LogP contribution in [0.25, 0.3) is 11.4 Å². The highest BCUT2D eigenvalue weighted by molar-refractivity contribution is 7.91. The third-order valence-corrected chi connectivity index (χ3v) is 4.97. The first-order valence-electron chi connectivity index (χ1n) is 6.74.